The summed E-state index contributed by atoms with van der Waals surface area (Å²) >= 11 is 0. The van der Waals surface area contributed by atoms with E-state index >= 15 is 4.39 Å². The van der Waals surface area contributed by atoms with Crippen molar-refractivity contribution in [2.75, 3.05) is 7.05 Å². The van der Waals surface area contributed by atoms with Crippen molar-refractivity contribution in [2.24, 2.45) is 0 Å². The van der Waals surface area contributed by atoms with Gasteiger partial charge in [0.1, 0.15) is 12.0 Å². The van der Waals surface area contributed by atoms with Gasteiger partial charge in [-0.05, 0) is 73.1 Å². The normalized spacial score (nSPS) is 23.1. The molecule has 2 aromatic rings. The van der Waals surface area contributed by atoms with Crippen LogP contribution >= 0.6 is 0 Å². The van der Waals surface area contributed by atoms with Crippen molar-refractivity contribution in [1.82, 2.24) is 10.2 Å². The standard InChI is InChI=1S/C28H36FN3O2/c1-16-17(2)24-15-32(26-7-5-6-8-27(26)33)28(34)22(24)12-21(16)11-20-10-9-19(13-25(20)29)23(14-31-4)18(3)30/h9-10,12-14,26-28,30-31,33-34H,5-8,11,15H2,1-4H3/b23-14+,30-18?/t26-,27-,28?/m0/s1. The van der Waals surface area contributed by atoms with Gasteiger partial charge in [0.25, 0.3) is 0 Å². The van der Waals surface area contributed by atoms with E-state index in [1.54, 1.807) is 26.2 Å². The van der Waals surface area contributed by atoms with Crippen LogP contribution in [0.1, 0.15) is 77.8 Å². The first-order valence-electron chi connectivity index (χ1n) is 12.2. The molecule has 4 N–H and O–H groups in total. The highest BCUT2D eigenvalue weighted by atomic mass is 19.1. The SMILES string of the molecule is CN/C=C(\C(C)=N)c1ccc(Cc2cc3c(c(C)c2C)CN([C@H]2CCCC[C@@H]2O)C3O)c(F)c1. The summed E-state index contributed by atoms with van der Waals surface area (Å²) in [5.74, 6) is -0.300. The van der Waals surface area contributed by atoms with Crippen LogP contribution in [0.2, 0.25) is 0 Å². The van der Waals surface area contributed by atoms with Crippen molar-refractivity contribution in [3.05, 3.63) is 75.2 Å². The summed E-state index contributed by atoms with van der Waals surface area (Å²) in [6.45, 7) is 6.46. The summed E-state index contributed by atoms with van der Waals surface area (Å²) < 4.78 is 15.1. The van der Waals surface area contributed by atoms with Crippen LogP contribution in [-0.4, -0.2) is 40.0 Å². The summed E-state index contributed by atoms with van der Waals surface area (Å²) in [7, 11) is 1.76. The van der Waals surface area contributed by atoms with Gasteiger partial charge in [0.2, 0.25) is 0 Å². The maximum Gasteiger partial charge on any atom is 0.134 e. The van der Waals surface area contributed by atoms with Gasteiger partial charge in [-0.3, -0.25) is 4.90 Å². The number of nitrogens with zero attached hydrogens (tertiary/aromatic N) is 1. The number of aliphatic hydroxyl groups is 2. The van der Waals surface area contributed by atoms with Gasteiger partial charge in [0, 0.05) is 49.1 Å². The average Bonchev–Trinajstić information content (AvgIpc) is 3.13. The predicted molar refractivity (Wildman–Crippen MR) is 134 cm³/mol. The van der Waals surface area contributed by atoms with Crippen LogP contribution in [-0.2, 0) is 13.0 Å². The molecule has 1 saturated carbocycles. The van der Waals surface area contributed by atoms with E-state index in [-0.39, 0.29) is 11.9 Å². The lowest BCUT2D eigenvalue weighted by Gasteiger charge is -2.36. The van der Waals surface area contributed by atoms with Crippen molar-refractivity contribution in [2.45, 2.75) is 77.8 Å². The lowest BCUT2D eigenvalue weighted by atomic mass is 9.90. The van der Waals surface area contributed by atoms with Crippen molar-refractivity contribution in [3.8, 4) is 0 Å². The Labute approximate surface area is 201 Å². The second-order valence-corrected chi connectivity index (χ2v) is 9.77. The smallest absolute Gasteiger partial charge is 0.134 e. The number of nitrogens with one attached hydrogen (secondary N) is 2. The monoisotopic (exact) mass is 465 g/mol. The summed E-state index contributed by atoms with van der Waals surface area (Å²) in [5, 5.41) is 32.6. The first-order chi connectivity index (χ1) is 16.2. The minimum atomic E-state index is -0.747. The molecule has 1 heterocycles. The third kappa shape index (κ3) is 4.54. The Morgan fingerprint density at radius 1 is 1.15 bits per heavy atom. The molecular weight excluding hydrogens is 429 g/mol. The molecule has 2 aliphatic rings. The third-order valence-electron chi connectivity index (χ3n) is 7.67. The molecule has 1 aliphatic heterocycles. The van der Waals surface area contributed by atoms with Gasteiger partial charge in [-0.2, -0.15) is 0 Å². The van der Waals surface area contributed by atoms with E-state index in [0.29, 0.717) is 35.4 Å². The van der Waals surface area contributed by atoms with E-state index in [4.69, 9.17) is 5.41 Å². The van der Waals surface area contributed by atoms with Gasteiger partial charge in [0.05, 0.1) is 6.10 Å². The number of benzene rings is 2. The van der Waals surface area contributed by atoms with Gasteiger partial charge in [-0.1, -0.05) is 31.0 Å². The number of fused-ring (bicyclic) bond motifs is 1. The minimum absolute atomic E-state index is 0.0264. The zero-order valence-electron chi connectivity index (χ0n) is 20.6. The van der Waals surface area contributed by atoms with Gasteiger partial charge < -0.3 is 20.9 Å². The summed E-state index contributed by atoms with van der Waals surface area (Å²) in [5.41, 5.74) is 7.55. The van der Waals surface area contributed by atoms with Crippen LogP contribution < -0.4 is 5.32 Å². The molecule has 1 unspecified atom stereocenters. The lowest BCUT2D eigenvalue weighted by Crippen LogP contribution is -2.44. The average molecular weight is 466 g/mol. The van der Waals surface area contributed by atoms with E-state index in [1.807, 2.05) is 17.0 Å². The highest BCUT2D eigenvalue weighted by molar-refractivity contribution is 6.21. The Kier molecular flexibility index (Phi) is 7.22. The number of rotatable bonds is 6. The Morgan fingerprint density at radius 2 is 1.88 bits per heavy atom. The Balaban J connectivity index is 1.62. The largest absolute Gasteiger partial charge is 0.393 e. The van der Waals surface area contributed by atoms with Gasteiger partial charge in [-0.15, -0.1) is 0 Å². The third-order valence-corrected chi connectivity index (χ3v) is 7.67. The molecule has 6 heteroatoms. The highest BCUT2D eigenvalue weighted by Crippen LogP contribution is 2.41. The first-order valence-corrected chi connectivity index (χ1v) is 12.2. The van der Waals surface area contributed by atoms with Crippen LogP contribution in [0.25, 0.3) is 5.57 Å². The second-order valence-electron chi connectivity index (χ2n) is 9.77. The zero-order valence-corrected chi connectivity index (χ0v) is 20.6. The summed E-state index contributed by atoms with van der Waals surface area (Å²) in [4.78, 5) is 2.04. The Morgan fingerprint density at radius 3 is 2.53 bits per heavy atom. The molecule has 1 fully saturated rings. The fourth-order valence-corrected chi connectivity index (χ4v) is 5.53. The van der Waals surface area contributed by atoms with E-state index in [1.165, 1.54) is 6.07 Å². The van der Waals surface area contributed by atoms with Crippen LogP contribution in [0.4, 0.5) is 4.39 Å². The van der Waals surface area contributed by atoms with Crippen molar-refractivity contribution in [1.29, 1.82) is 5.41 Å². The topological polar surface area (TPSA) is 79.6 Å². The van der Waals surface area contributed by atoms with Gasteiger partial charge >= 0.3 is 0 Å². The maximum absolute atomic E-state index is 15.1. The number of allylic oxidation sites excluding steroid dienone is 1. The molecular formula is C28H36FN3O2. The highest BCUT2D eigenvalue weighted by Gasteiger charge is 2.39. The lowest BCUT2D eigenvalue weighted by molar-refractivity contribution is -0.0701. The molecule has 0 amide bonds. The molecule has 182 valence electrons. The predicted octanol–water partition coefficient (Wildman–Crippen LogP) is 4.74. The second kappa shape index (κ2) is 9.98. The molecule has 5 nitrogen and oxygen atoms in total. The van der Waals surface area contributed by atoms with E-state index < -0.39 is 12.3 Å². The number of hydrogen-bond acceptors (Lipinski definition) is 5. The van der Waals surface area contributed by atoms with Crippen LogP contribution in [0, 0.1) is 25.1 Å². The van der Waals surface area contributed by atoms with Crippen LogP contribution in [0.5, 0.6) is 0 Å². The van der Waals surface area contributed by atoms with Gasteiger partial charge in [-0.25, -0.2) is 4.39 Å². The fourth-order valence-electron chi connectivity index (χ4n) is 5.53. The Hall–Kier alpha value is -2.54. The number of aliphatic hydroxyl groups excluding tert-OH is 2. The van der Waals surface area contributed by atoms with Crippen molar-refractivity contribution in [3.63, 3.8) is 0 Å². The quantitative estimate of drug-likeness (QED) is 0.465. The molecule has 34 heavy (non-hydrogen) atoms. The van der Waals surface area contributed by atoms with Crippen molar-refractivity contribution >= 4 is 11.3 Å². The first kappa shape index (κ1) is 24.6. The van der Waals surface area contributed by atoms with E-state index in [0.717, 1.165) is 53.5 Å². The summed E-state index contributed by atoms with van der Waals surface area (Å²) in [6, 6.07) is 7.14. The minimum Gasteiger partial charge on any atom is -0.393 e. The van der Waals surface area contributed by atoms with Gasteiger partial charge in [0.15, 0.2) is 0 Å². The molecule has 3 atom stereocenters. The number of halogens is 1. The molecule has 0 bridgehead atoms. The molecule has 0 aromatic heterocycles. The van der Waals surface area contributed by atoms with E-state index in [9.17, 15) is 10.2 Å². The van der Waals surface area contributed by atoms with Crippen molar-refractivity contribution < 1.29 is 14.6 Å². The summed E-state index contributed by atoms with van der Waals surface area (Å²) in [6.07, 6.45) is 4.77. The van der Waals surface area contributed by atoms with Crippen LogP contribution in [0.15, 0.2) is 30.5 Å². The maximum atomic E-state index is 15.1. The zero-order chi connectivity index (χ0) is 24.6. The molecule has 1 aliphatic carbocycles. The molecule has 2 aromatic carbocycles. The van der Waals surface area contributed by atoms with E-state index in [2.05, 4.69) is 19.2 Å². The molecule has 0 saturated heterocycles. The molecule has 4 rings (SSSR count). The number of hydrogen-bond donors (Lipinski definition) is 4. The Bertz CT molecular complexity index is 1130. The molecule has 0 radical (unpaired) electrons. The molecule has 0 spiro atoms. The van der Waals surface area contributed by atoms with Crippen LogP contribution in [0.3, 0.4) is 0 Å². The fraction of sp³-hybridized carbons (Fsp3) is 0.464.